The molecular weight excluding hydrogens is 265 g/mol. The number of carbonyl (C=O) groups is 1. The van der Waals surface area contributed by atoms with Crippen LogP contribution in [0.2, 0.25) is 0 Å². The molecule has 0 aliphatic heterocycles. The molecule has 0 radical (unpaired) electrons. The SMILES string of the molecule is CCCN(CC(=O)O)C(C)c1ccc(SC)c(F)c1. The second-order valence-electron chi connectivity index (χ2n) is 4.43. The van der Waals surface area contributed by atoms with Gasteiger partial charge < -0.3 is 5.11 Å². The Bertz CT molecular complexity index is 439. The number of nitrogens with zero attached hydrogens (tertiary/aromatic N) is 1. The van der Waals surface area contributed by atoms with Gasteiger partial charge in [0, 0.05) is 10.9 Å². The molecule has 1 atom stereocenters. The summed E-state index contributed by atoms with van der Waals surface area (Å²) < 4.78 is 13.8. The zero-order chi connectivity index (χ0) is 14.4. The molecule has 0 aliphatic rings. The molecule has 0 aromatic heterocycles. The van der Waals surface area contributed by atoms with E-state index in [1.807, 2.05) is 31.1 Å². The average Bonchev–Trinajstić information content (AvgIpc) is 2.36. The molecule has 1 aromatic carbocycles. The first kappa shape index (κ1) is 16.0. The molecule has 1 unspecified atom stereocenters. The Morgan fingerprint density at radius 2 is 2.21 bits per heavy atom. The lowest BCUT2D eigenvalue weighted by atomic mass is 10.1. The summed E-state index contributed by atoms with van der Waals surface area (Å²) in [4.78, 5) is 13.3. The lowest BCUT2D eigenvalue weighted by Gasteiger charge is -2.27. The van der Waals surface area contributed by atoms with E-state index in [1.54, 1.807) is 6.07 Å². The predicted octanol–water partition coefficient (Wildman–Crippen LogP) is 3.41. The van der Waals surface area contributed by atoms with Crippen LogP contribution in [0, 0.1) is 5.82 Å². The summed E-state index contributed by atoms with van der Waals surface area (Å²) in [6.45, 7) is 4.56. The highest BCUT2D eigenvalue weighted by Crippen LogP contribution is 2.26. The summed E-state index contributed by atoms with van der Waals surface area (Å²) in [5.41, 5.74) is 0.810. The standard InChI is InChI=1S/C14H20FNO2S/c1-4-7-16(9-14(17)18)10(2)11-5-6-13(19-3)12(15)8-11/h5-6,8,10H,4,7,9H2,1-3H3,(H,17,18). The van der Waals surface area contributed by atoms with Crippen molar-refractivity contribution >= 4 is 17.7 Å². The normalized spacial score (nSPS) is 12.7. The summed E-state index contributed by atoms with van der Waals surface area (Å²) >= 11 is 1.36. The van der Waals surface area contributed by atoms with Crippen LogP contribution < -0.4 is 0 Å². The van der Waals surface area contributed by atoms with Crippen LogP contribution in [0.25, 0.3) is 0 Å². The Kier molecular flexibility index (Phi) is 6.31. The minimum Gasteiger partial charge on any atom is -0.480 e. The van der Waals surface area contributed by atoms with Gasteiger partial charge in [-0.1, -0.05) is 13.0 Å². The molecule has 1 aromatic rings. The zero-order valence-corrected chi connectivity index (χ0v) is 12.3. The number of hydrogen-bond acceptors (Lipinski definition) is 3. The van der Waals surface area contributed by atoms with Crippen molar-refractivity contribution in [2.75, 3.05) is 19.3 Å². The highest BCUT2D eigenvalue weighted by Gasteiger charge is 2.18. The Labute approximate surface area is 117 Å². The number of thioether (sulfide) groups is 1. The monoisotopic (exact) mass is 285 g/mol. The molecule has 5 heteroatoms. The fraction of sp³-hybridized carbons (Fsp3) is 0.500. The van der Waals surface area contributed by atoms with Crippen molar-refractivity contribution in [1.29, 1.82) is 0 Å². The van der Waals surface area contributed by atoms with Gasteiger partial charge >= 0.3 is 5.97 Å². The fourth-order valence-electron chi connectivity index (χ4n) is 2.02. The molecule has 19 heavy (non-hydrogen) atoms. The summed E-state index contributed by atoms with van der Waals surface area (Å²) in [6.07, 6.45) is 2.69. The van der Waals surface area contributed by atoms with Crippen LogP contribution in [-0.4, -0.2) is 35.3 Å². The quantitative estimate of drug-likeness (QED) is 0.779. The van der Waals surface area contributed by atoms with Crippen LogP contribution in [0.3, 0.4) is 0 Å². The molecule has 0 aliphatic carbocycles. The zero-order valence-electron chi connectivity index (χ0n) is 11.5. The number of halogens is 1. The molecule has 0 saturated carbocycles. The Morgan fingerprint density at radius 1 is 1.53 bits per heavy atom. The number of hydrogen-bond donors (Lipinski definition) is 1. The molecule has 3 nitrogen and oxygen atoms in total. The third-order valence-corrected chi connectivity index (χ3v) is 3.83. The fourth-order valence-corrected chi connectivity index (χ4v) is 2.48. The Hall–Kier alpha value is -1.07. The minimum absolute atomic E-state index is 0.0269. The lowest BCUT2D eigenvalue weighted by Crippen LogP contribution is -2.33. The van der Waals surface area contributed by atoms with Gasteiger partial charge in [-0.2, -0.15) is 0 Å². The summed E-state index contributed by atoms with van der Waals surface area (Å²) in [5, 5.41) is 8.92. The average molecular weight is 285 g/mol. The number of aliphatic carboxylic acids is 1. The van der Waals surface area contributed by atoms with Gasteiger partial charge in [0.15, 0.2) is 0 Å². The van der Waals surface area contributed by atoms with E-state index < -0.39 is 5.97 Å². The smallest absolute Gasteiger partial charge is 0.317 e. The van der Waals surface area contributed by atoms with Crippen LogP contribution in [0.15, 0.2) is 23.1 Å². The molecule has 1 N–H and O–H groups in total. The van der Waals surface area contributed by atoms with E-state index in [4.69, 9.17) is 5.11 Å². The van der Waals surface area contributed by atoms with Gasteiger partial charge in [0.2, 0.25) is 0 Å². The summed E-state index contributed by atoms with van der Waals surface area (Å²) in [6, 6.07) is 5.00. The Balaban J connectivity index is 2.91. The topological polar surface area (TPSA) is 40.5 Å². The van der Waals surface area contributed by atoms with Gasteiger partial charge in [-0.25, -0.2) is 4.39 Å². The van der Waals surface area contributed by atoms with E-state index >= 15 is 0 Å². The molecule has 1 rings (SSSR count). The number of benzene rings is 1. The molecule has 106 valence electrons. The van der Waals surface area contributed by atoms with Gasteiger partial charge in [0.25, 0.3) is 0 Å². The molecule has 0 spiro atoms. The van der Waals surface area contributed by atoms with Crippen molar-refractivity contribution in [3.8, 4) is 0 Å². The van der Waals surface area contributed by atoms with Crippen LogP contribution >= 0.6 is 11.8 Å². The first-order valence-electron chi connectivity index (χ1n) is 6.28. The predicted molar refractivity (Wildman–Crippen MR) is 76.1 cm³/mol. The Morgan fingerprint density at radius 3 is 2.68 bits per heavy atom. The van der Waals surface area contributed by atoms with Crippen molar-refractivity contribution in [3.63, 3.8) is 0 Å². The van der Waals surface area contributed by atoms with Crippen LogP contribution in [0.4, 0.5) is 4.39 Å². The first-order chi connectivity index (χ1) is 8.99. The minimum atomic E-state index is -0.860. The number of carboxylic acid groups (broad SMARTS) is 1. The largest absolute Gasteiger partial charge is 0.480 e. The molecule has 0 saturated heterocycles. The highest BCUT2D eigenvalue weighted by molar-refractivity contribution is 7.98. The lowest BCUT2D eigenvalue weighted by molar-refractivity contribution is -0.138. The number of carboxylic acids is 1. The third kappa shape index (κ3) is 4.51. The van der Waals surface area contributed by atoms with Crippen LogP contribution in [0.1, 0.15) is 31.9 Å². The van der Waals surface area contributed by atoms with Gasteiger partial charge in [-0.05, 0) is 43.8 Å². The molecule has 0 amide bonds. The van der Waals surface area contributed by atoms with Crippen molar-refractivity contribution < 1.29 is 14.3 Å². The van der Waals surface area contributed by atoms with E-state index in [9.17, 15) is 9.18 Å². The van der Waals surface area contributed by atoms with E-state index in [2.05, 4.69) is 0 Å². The number of rotatable bonds is 7. The molecule has 0 fully saturated rings. The van der Waals surface area contributed by atoms with E-state index in [0.29, 0.717) is 11.4 Å². The van der Waals surface area contributed by atoms with Gasteiger partial charge in [-0.3, -0.25) is 9.69 Å². The van der Waals surface area contributed by atoms with E-state index in [0.717, 1.165) is 12.0 Å². The molecule has 0 bridgehead atoms. The second kappa shape index (κ2) is 7.50. The maximum absolute atomic E-state index is 13.8. The summed E-state index contributed by atoms with van der Waals surface area (Å²) in [7, 11) is 0. The third-order valence-electron chi connectivity index (χ3n) is 3.06. The summed E-state index contributed by atoms with van der Waals surface area (Å²) in [5.74, 6) is -1.11. The van der Waals surface area contributed by atoms with Crippen molar-refractivity contribution in [2.45, 2.75) is 31.2 Å². The van der Waals surface area contributed by atoms with Crippen LogP contribution in [0.5, 0.6) is 0 Å². The first-order valence-corrected chi connectivity index (χ1v) is 7.51. The molecular formula is C14H20FNO2S. The van der Waals surface area contributed by atoms with Gasteiger partial charge in [-0.15, -0.1) is 11.8 Å². The van der Waals surface area contributed by atoms with Gasteiger partial charge in [0.05, 0.1) is 6.54 Å². The van der Waals surface area contributed by atoms with Crippen molar-refractivity contribution in [3.05, 3.63) is 29.6 Å². The van der Waals surface area contributed by atoms with E-state index in [-0.39, 0.29) is 18.4 Å². The maximum Gasteiger partial charge on any atom is 0.317 e. The van der Waals surface area contributed by atoms with Crippen molar-refractivity contribution in [2.24, 2.45) is 0 Å². The van der Waals surface area contributed by atoms with E-state index in [1.165, 1.54) is 17.8 Å². The van der Waals surface area contributed by atoms with Crippen molar-refractivity contribution in [1.82, 2.24) is 4.90 Å². The van der Waals surface area contributed by atoms with Crippen LogP contribution in [-0.2, 0) is 4.79 Å². The second-order valence-corrected chi connectivity index (χ2v) is 5.28. The highest BCUT2D eigenvalue weighted by atomic mass is 32.2. The van der Waals surface area contributed by atoms with Gasteiger partial charge in [0.1, 0.15) is 5.82 Å². The molecule has 0 heterocycles. The maximum atomic E-state index is 13.8.